The number of hydrogen-bond donors (Lipinski definition) is 1. The first-order chi connectivity index (χ1) is 15.5. The van der Waals surface area contributed by atoms with Crippen LogP contribution in [0, 0.1) is 12.7 Å². The van der Waals surface area contributed by atoms with E-state index in [9.17, 15) is 14.0 Å². The first-order valence-electron chi connectivity index (χ1n) is 9.87. The lowest BCUT2D eigenvalue weighted by Crippen LogP contribution is -2.21. The van der Waals surface area contributed by atoms with Crippen molar-refractivity contribution in [3.05, 3.63) is 100 Å². The predicted octanol–water partition coefficient (Wildman–Crippen LogP) is 3.74. The molecule has 0 saturated heterocycles. The second-order valence-electron chi connectivity index (χ2n) is 7.07. The molecule has 0 spiro atoms. The van der Waals surface area contributed by atoms with E-state index in [1.54, 1.807) is 42.6 Å². The second-order valence-corrected chi connectivity index (χ2v) is 7.07. The van der Waals surface area contributed by atoms with Crippen LogP contribution >= 0.6 is 0 Å². The fourth-order valence-corrected chi connectivity index (χ4v) is 3.07. The summed E-state index contributed by atoms with van der Waals surface area (Å²) >= 11 is 0. The van der Waals surface area contributed by atoms with E-state index in [1.807, 2.05) is 13.0 Å². The topological polar surface area (TPSA) is 81.9 Å². The van der Waals surface area contributed by atoms with Gasteiger partial charge in [-0.3, -0.25) is 14.0 Å². The Hall–Kier alpha value is -4.20. The van der Waals surface area contributed by atoms with Gasteiger partial charge in [0.15, 0.2) is 18.2 Å². The lowest BCUT2D eigenvalue weighted by atomic mass is 10.3. The van der Waals surface area contributed by atoms with Crippen LogP contribution in [-0.2, 0) is 11.4 Å². The average Bonchev–Trinajstić information content (AvgIpc) is 2.78. The maximum Gasteiger partial charge on any atom is 0.262 e. The average molecular weight is 433 g/mol. The van der Waals surface area contributed by atoms with Crippen LogP contribution in [0.5, 0.6) is 11.5 Å². The molecule has 1 amide bonds. The molecular weight excluding hydrogens is 413 g/mol. The Balaban J connectivity index is 1.43. The smallest absolute Gasteiger partial charge is 0.262 e. The summed E-state index contributed by atoms with van der Waals surface area (Å²) in [5.74, 6) is -0.617. The van der Waals surface area contributed by atoms with Crippen molar-refractivity contribution in [1.29, 1.82) is 0 Å². The van der Waals surface area contributed by atoms with Gasteiger partial charge in [-0.1, -0.05) is 30.3 Å². The summed E-state index contributed by atoms with van der Waals surface area (Å²) in [6.45, 7) is 1.57. The zero-order valence-electron chi connectivity index (χ0n) is 17.2. The van der Waals surface area contributed by atoms with Gasteiger partial charge in [-0.25, -0.2) is 9.37 Å². The molecule has 0 unspecified atom stereocenters. The first kappa shape index (κ1) is 21.0. The van der Waals surface area contributed by atoms with Gasteiger partial charge in [0.25, 0.3) is 11.5 Å². The van der Waals surface area contributed by atoms with E-state index >= 15 is 0 Å². The number of fused-ring (bicyclic) bond motifs is 1. The molecule has 0 radical (unpaired) electrons. The fraction of sp³-hybridized carbons (Fsp3) is 0.125. The summed E-state index contributed by atoms with van der Waals surface area (Å²) in [4.78, 5) is 29.1. The molecule has 4 aromatic rings. The van der Waals surface area contributed by atoms with Crippen molar-refractivity contribution in [1.82, 2.24) is 9.38 Å². The maximum atomic E-state index is 13.6. The fourth-order valence-electron chi connectivity index (χ4n) is 3.07. The maximum absolute atomic E-state index is 13.6. The Kier molecular flexibility index (Phi) is 6.12. The molecule has 2 heterocycles. The lowest BCUT2D eigenvalue weighted by molar-refractivity contribution is -0.118. The molecule has 162 valence electrons. The number of halogens is 1. The van der Waals surface area contributed by atoms with Gasteiger partial charge in [-0.2, -0.15) is 0 Å². The van der Waals surface area contributed by atoms with Gasteiger partial charge in [-0.05, 0) is 42.8 Å². The Morgan fingerprint density at radius 1 is 1.03 bits per heavy atom. The number of pyridine rings is 1. The van der Waals surface area contributed by atoms with Gasteiger partial charge in [-0.15, -0.1) is 0 Å². The van der Waals surface area contributed by atoms with Crippen LogP contribution in [0.15, 0.2) is 77.7 Å². The molecule has 2 aromatic heterocycles. The van der Waals surface area contributed by atoms with Crippen LogP contribution in [-0.4, -0.2) is 21.9 Å². The van der Waals surface area contributed by atoms with Crippen molar-refractivity contribution < 1.29 is 18.7 Å². The molecule has 0 atom stereocenters. The molecule has 2 aromatic carbocycles. The highest BCUT2D eigenvalue weighted by molar-refractivity contribution is 5.93. The number of nitrogens with zero attached hydrogens (tertiary/aromatic N) is 2. The molecule has 0 fully saturated rings. The predicted molar refractivity (Wildman–Crippen MR) is 117 cm³/mol. The number of carbonyl (C=O) groups is 1. The van der Waals surface area contributed by atoms with Crippen LogP contribution in [0.25, 0.3) is 5.65 Å². The Morgan fingerprint density at radius 2 is 1.78 bits per heavy atom. The van der Waals surface area contributed by atoms with Crippen molar-refractivity contribution in [2.75, 3.05) is 11.9 Å². The number of amides is 1. The van der Waals surface area contributed by atoms with Crippen molar-refractivity contribution in [2.45, 2.75) is 13.5 Å². The van der Waals surface area contributed by atoms with Crippen molar-refractivity contribution in [3.63, 3.8) is 0 Å². The van der Waals surface area contributed by atoms with Crippen LogP contribution in [0.3, 0.4) is 0 Å². The van der Waals surface area contributed by atoms with Gasteiger partial charge in [0.1, 0.15) is 18.0 Å². The van der Waals surface area contributed by atoms with E-state index in [4.69, 9.17) is 9.47 Å². The molecule has 7 nitrogen and oxygen atoms in total. The molecule has 1 N–H and O–H groups in total. The molecule has 0 aliphatic rings. The van der Waals surface area contributed by atoms with E-state index in [0.717, 1.165) is 5.56 Å². The molecule has 0 bridgehead atoms. The van der Waals surface area contributed by atoms with Gasteiger partial charge < -0.3 is 14.8 Å². The van der Waals surface area contributed by atoms with Gasteiger partial charge in [0.05, 0.1) is 11.4 Å². The number of anilines is 1. The summed E-state index contributed by atoms with van der Waals surface area (Å²) in [5, 5.41) is 2.69. The van der Waals surface area contributed by atoms with Crippen LogP contribution < -0.4 is 20.3 Å². The third-order valence-corrected chi connectivity index (χ3v) is 4.59. The van der Waals surface area contributed by atoms with Crippen LogP contribution in [0.2, 0.25) is 0 Å². The minimum absolute atomic E-state index is 0.00366. The summed E-state index contributed by atoms with van der Waals surface area (Å²) < 4.78 is 26.1. The Bertz CT molecular complexity index is 1340. The number of benzene rings is 2. The molecule has 32 heavy (non-hydrogen) atoms. The zero-order valence-corrected chi connectivity index (χ0v) is 17.2. The van der Waals surface area contributed by atoms with E-state index in [-0.39, 0.29) is 24.5 Å². The van der Waals surface area contributed by atoms with Crippen LogP contribution in [0.4, 0.5) is 10.1 Å². The second kappa shape index (κ2) is 9.30. The summed E-state index contributed by atoms with van der Waals surface area (Å²) in [6.07, 6.45) is 1.73. The number of rotatable bonds is 7. The molecule has 0 aliphatic carbocycles. The molecule has 0 aliphatic heterocycles. The summed E-state index contributed by atoms with van der Waals surface area (Å²) in [5.41, 5.74) is 2.15. The molecular formula is C24H20FN3O4. The van der Waals surface area contributed by atoms with Crippen molar-refractivity contribution in [3.8, 4) is 11.5 Å². The highest BCUT2D eigenvalue weighted by Gasteiger charge is 2.11. The van der Waals surface area contributed by atoms with Crippen molar-refractivity contribution in [2.24, 2.45) is 0 Å². The highest BCUT2D eigenvalue weighted by Crippen LogP contribution is 2.24. The number of para-hydroxylation sites is 3. The summed E-state index contributed by atoms with van der Waals surface area (Å²) in [7, 11) is 0. The molecule has 8 heteroatoms. The zero-order chi connectivity index (χ0) is 22.5. The normalized spacial score (nSPS) is 10.7. The Morgan fingerprint density at radius 3 is 2.59 bits per heavy atom. The third-order valence-electron chi connectivity index (χ3n) is 4.59. The van der Waals surface area contributed by atoms with E-state index in [1.165, 1.54) is 28.7 Å². The summed E-state index contributed by atoms with van der Waals surface area (Å²) in [6, 6.07) is 17.8. The van der Waals surface area contributed by atoms with E-state index in [0.29, 0.717) is 22.8 Å². The van der Waals surface area contributed by atoms with Gasteiger partial charge in [0, 0.05) is 12.3 Å². The molecule has 4 rings (SSSR count). The van der Waals surface area contributed by atoms with Gasteiger partial charge >= 0.3 is 0 Å². The lowest BCUT2D eigenvalue weighted by Gasteiger charge is -2.13. The number of aryl methyl sites for hydroxylation is 1. The third kappa shape index (κ3) is 4.92. The van der Waals surface area contributed by atoms with E-state index in [2.05, 4.69) is 10.3 Å². The number of aromatic nitrogens is 2. The quantitative estimate of drug-likeness (QED) is 0.480. The number of hydrogen-bond acceptors (Lipinski definition) is 5. The van der Waals surface area contributed by atoms with E-state index < -0.39 is 11.7 Å². The van der Waals surface area contributed by atoms with Gasteiger partial charge in [0.2, 0.25) is 0 Å². The molecule has 0 saturated carbocycles. The standard InChI is InChI=1S/C24H20FN3O4/c1-16-10-11-22-26-17(12-24(30)28(22)13-16)14-31-21-9-5-3-7-19(21)27-23(29)15-32-20-8-4-2-6-18(20)25/h2-13H,14-15H2,1H3,(H,27,29). The highest BCUT2D eigenvalue weighted by atomic mass is 19.1. The monoisotopic (exact) mass is 433 g/mol. The Labute approximate surface area is 183 Å². The van der Waals surface area contributed by atoms with Crippen LogP contribution in [0.1, 0.15) is 11.3 Å². The minimum atomic E-state index is -0.544. The van der Waals surface area contributed by atoms with Crippen molar-refractivity contribution >= 4 is 17.2 Å². The number of ether oxygens (including phenoxy) is 2. The number of nitrogens with one attached hydrogen (secondary N) is 1. The minimum Gasteiger partial charge on any atom is -0.485 e. The number of carbonyl (C=O) groups excluding carboxylic acids is 1. The first-order valence-corrected chi connectivity index (χ1v) is 9.87. The largest absolute Gasteiger partial charge is 0.485 e. The SMILES string of the molecule is Cc1ccc2nc(COc3ccccc3NC(=O)COc3ccccc3F)cc(=O)n2c1.